The molecule has 0 fully saturated rings. The molecule has 0 heterocycles. The molecule has 1 nitrogen and oxygen atoms in total. The fraction of sp³-hybridized carbons (Fsp3) is 0.520. The van der Waals surface area contributed by atoms with Crippen molar-refractivity contribution >= 4 is 17.3 Å². The van der Waals surface area contributed by atoms with E-state index >= 15 is 0 Å². The van der Waals surface area contributed by atoms with Gasteiger partial charge in [-0.3, -0.25) is 0 Å². The second-order valence-corrected chi connectivity index (χ2v) is 11.2. The monoisotopic (exact) mass is 385 g/mol. The van der Waals surface area contributed by atoms with Crippen molar-refractivity contribution in [2.45, 2.75) is 79.2 Å². The maximum atomic E-state index is 6.12. The summed E-state index contributed by atoms with van der Waals surface area (Å²) in [6, 6.07) is 15.3. The molecule has 0 amide bonds. The van der Waals surface area contributed by atoms with Gasteiger partial charge >= 0.3 is 0 Å². The van der Waals surface area contributed by atoms with Crippen molar-refractivity contribution in [3.8, 4) is 0 Å². The van der Waals surface area contributed by atoms with Gasteiger partial charge < -0.3 is 5.32 Å². The highest BCUT2D eigenvalue weighted by atomic mass is 35.5. The van der Waals surface area contributed by atoms with Gasteiger partial charge in [-0.15, -0.1) is 0 Å². The van der Waals surface area contributed by atoms with E-state index in [1.165, 1.54) is 22.4 Å². The molecule has 1 N–H and O–H groups in total. The smallest absolute Gasteiger partial charge is 0.0562 e. The second kappa shape index (κ2) is 7.51. The first-order valence-electron chi connectivity index (χ1n) is 9.86. The van der Waals surface area contributed by atoms with E-state index in [1.54, 1.807) is 0 Å². The molecule has 2 rings (SSSR count). The van der Waals surface area contributed by atoms with Gasteiger partial charge in [0.05, 0.1) is 6.04 Å². The third-order valence-electron chi connectivity index (χ3n) is 5.06. The van der Waals surface area contributed by atoms with Crippen LogP contribution in [-0.4, -0.2) is 0 Å². The van der Waals surface area contributed by atoms with E-state index in [1.807, 2.05) is 12.1 Å². The highest BCUT2D eigenvalue weighted by Crippen LogP contribution is 2.40. The molecule has 148 valence electrons. The number of hydrogen-bond acceptors (Lipinski definition) is 1. The topological polar surface area (TPSA) is 12.0 Å². The van der Waals surface area contributed by atoms with Crippen LogP contribution < -0.4 is 5.32 Å². The molecule has 2 aromatic carbocycles. The highest BCUT2D eigenvalue weighted by Gasteiger charge is 2.29. The molecule has 2 aromatic rings. The maximum absolute atomic E-state index is 6.12. The van der Waals surface area contributed by atoms with Crippen LogP contribution in [-0.2, 0) is 10.8 Å². The Morgan fingerprint density at radius 2 is 1.30 bits per heavy atom. The summed E-state index contributed by atoms with van der Waals surface area (Å²) in [6.07, 6.45) is 0. The molecule has 0 aromatic heterocycles. The van der Waals surface area contributed by atoms with Crippen LogP contribution >= 0.6 is 11.6 Å². The summed E-state index contributed by atoms with van der Waals surface area (Å²) in [5.74, 6) is 0. The Morgan fingerprint density at radius 3 is 1.74 bits per heavy atom. The third kappa shape index (κ3) is 5.51. The second-order valence-electron chi connectivity index (χ2n) is 10.8. The van der Waals surface area contributed by atoms with Gasteiger partial charge in [0, 0.05) is 10.7 Å². The Kier molecular flexibility index (Phi) is 6.07. The fourth-order valence-electron chi connectivity index (χ4n) is 3.37. The van der Waals surface area contributed by atoms with Crippen molar-refractivity contribution in [3.63, 3.8) is 0 Å². The lowest BCUT2D eigenvalue weighted by Gasteiger charge is -2.36. The zero-order valence-corrected chi connectivity index (χ0v) is 19.3. The highest BCUT2D eigenvalue weighted by molar-refractivity contribution is 6.30. The van der Waals surface area contributed by atoms with Crippen LogP contribution in [0.15, 0.2) is 42.5 Å². The molecule has 0 radical (unpaired) electrons. The van der Waals surface area contributed by atoms with Crippen molar-refractivity contribution in [1.29, 1.82) is 0 Å². The number of halogens is 1. The van der Waals surface area contributed by atoms with Crippen molar-refractivity contribution in [2.75, 3.05) is 5.32 Å². The minimum absolute atomic E-state index is 0.0612. The lowest BCUT2D eigenvalue weighted by atomic mass is 9.78. The quantitative estimate of drug-likeness (QED) is 0.562. The molecule has 0 bridgehead atoms. The van der Waals surface area contributed by atoms with Gasteiger partial charge in [0.1, 0.15) is 0 Å². The summed E-state index contributed by atoms with van der Waals surface area (Å²) >= 11 is 6.12. The molecule has 0 spiro atoms. The summed E-state index contributed by atoms with van der Waals surface area (Å²) < 4.78 is 0. The Balaban J connectivity index is 2.53. The Labute approximate surface area is 171 Å². The molecule has 1 atom stereocenters. The summed E-state index contributed by atoms with van der Waals surface area (Å²) in [5, 5.41) is 4.64. The molecular weight excluding hydrogens is 350 g/mol. The average molecular weight is 386 g/mol. The van der Waals surface area contributed by atoms with E-state index in [-0.39, 0.29) is 22.3 Å². The van der Waals surface area contributed by atoms with E-state index in [2.05, 4.69) is 98.0 Å². The van der Waals surface area contributed by atoms with Gasteiger partial charge in [0.2, 0.25) is 0 Å². The van der Waals surface area contributed by atoms with Gasteiger partial charge in [0.15, 0.2) is 0 Å². The number of benzene rings is 2. The SMILES string of the molecule is CC(C)(C)c1ccc(NC(c2ccc(Cl)cc2)C(C)(C)C)c(C(C)(C)C)c1. The number of anilines is 1. The molecule has 27 heavy (non-hydrogen) atoms. The first kappa shape index (κ1) is 21.8. The van der Waals surface area contributed by atoms with Crippen LogP contribution in [0.2, 0.25) is 5.02 Å². The molecule has 0 saturated carbocycles. The van der Waals surface area contributed by atoms with E-state index in [0.29, 0.717) is 0 Å². The summed E-state index contributed by atoms with van der Waals surface area (Å²) in [7, 11) is 0. The van der Waals surface area contributed by atoms with Gasteiger partial charge in [-0.1, -0.05) is 98.2 Å². The fourth-order valence-corrected chi connectivity index (χ4v) is 3.49. The lowest BCUT2D eigenvalue weighted by Crippen LogP contribution is -2.27. The van der Waals surface area contributed by atoms with Gasteiger partial charge in [-0.2, -0.15) is 0 Å². The molecule has 0 aliphatic carbocycles. The summed E-state index contributed by atoms with van der Waals surface area (Å²) in [5.41, 5.74) is 5.46. The Morgan fingerprint density at radius 1 is 0.741 bits per heavy atom. The summed E-state index contributed by atoms with van der Waals surface area (Å²) in [6.45, 7) is 20.5. The van der Waals surface area contributed by atoms with Crippen molar-refractivity contribution < 1.29 is 0 Å². The minimum atomic E-state index is 0.0612. The number of hydrogen-bond donors (Lipinski definition) is 1. The largest absolute Gasteiger partial charge is 0.377 e. The lowest BCUT2D eigenvalue weighted by molar-refractivity contribution is 0.347. The molecule has 2 heteroatoms. The number of rotatable bonds is 3. The normalized spacial score (nSPS) is 14.1. The Bertz CT molecular complexity index is 768. The van der Waals surface area contributed by atoms with Gasteiger partial charge in [-0.25, -0.2) is 0 Å². The Hall–Kier alpha value is -1.47. The molecule has 0 saturated heterocycles. The predicted molar refractivity (Wildman–Crippen MR) is 121 cm³/mol. The van der Waals surface area contributed by atoms with Crippen LogP contribution in [0.3, 0.4) is 0 Å². The van der Waals surface area contributed by atoms with Crippen LogP contribution in [0.4, 0.5) is 5.69 Å². The van der Waals surface area contributed by atoms with E-state index < -0.39 is 0 Å². The van der Waals surface area contributed by atoms with Crippen LogP contribution in [0.1, 0.15) is 85.0 Å². The first-order chi connectivity index (χ1) is 12.2. The standard InChI is InChI=1S/C25H36ClN/c1-23(2,3)18-12-15-21(20(16-18)24(4,5)6)27-22(25(7,8)9)17-10-13-19(26)14-11-17/h10-16,22,27H,1-9H3. The van der Waals surface area contributed by atoms with E-state index in [9.17, 15) is 0 Å². The van der Waals surface area contributed by atoms with E-state index in [4.69, 9.17) is 11.6 Å². The predicted octanol–water partition coefficient (Wildman–Crippen LogP) is 8.13. The summed E-state index contributed by atoms with van der Waals surface area (Å²) in [4.78, 5) is 0. The van der Waals surface area contributed by atoms with Gasteiger partial charge in [-0.05, 0) is 51.1 Å². The van der Waals surface area contributed by atoms with Gasteiger partial charge in [0.25, 0.3) is 0 Å². The average Bonchev–Trinajstić information content (AvgIpc) is 2.50. The van der Waals surface area contributed by atoms with Crippen molar-refractivity contribution in [3.05, 3.63) is 64.2 Å². The first-order valence-corrected chi connectivity index (χ1v) is 10.2. The van der Waals surface area contributed by atoms with Crippen molar-refractivity contribution in [1.82, 2.24) is 0 Å². The van der Waals surface area contributed by atoms with E-state index in [0.717, 1.165) is 5.02 Å². The van der Waals surface area contributed by atoms with Crippen molar-refractivity contribution in [2.24, 2.45) is 5.41 Å². The zero-order valence-electron chi connectivity index (χ0n) is 18.5. The molecule has 0 aliphatic rings. The van der Waals surface area contributed by atoms with Crippen LogP contribution in [0.25, 0.3) is 0 Å². The maximum Gasteiger partial charge on any atom is 0.0562 e. The minimum Gasteiger partial charge on any atom is -0.377 e. The zero-order chi connectivity index (χ0) is 20.6. The third-order valence-corrected chi connectivity index (χ3v) is 5.31. The number of nitrogens with one attached hydrogen (secondary N) is 1. The molecule has 0 aliphatic heterocycles. The molecular formula is C25H36ClN. The van der Waals surface area contributed by atoms with Crippen LogP contribution in [0, 0.1) is 5.41 Å². The van der Waals surface area contributed by atoms with Crippen LogP contribution in [0.5, 0.6) is 0 Å². The molecule has 1 unspecified atom stereocenters.